The van der Waals surface area contributed by atoms with Crippen molar-refractivity contribution < 1.29 is 24.3 Å². The Hall–Kier alpha value is -1.19. The van der Waals surface area contributed by atoms with Gasteiger partial charge < -0.3 is 10.4 Å². The molecule has 0 unspecified atom stereocenters. The highest BCUT2D eigenvalue weighted by Crippen LogP contribution is 2.18. The van der Waals surface area contributed by atoms with Gasteiger partial charge in [-0.05, 0) is 12.3 Å². The summed E-state index contributed by atoms with van der Waals surface area (Å²) in [5, 5.41) is 11.3. The molecule has 0 saturated heterocycles. The van der Waals surface area contributed by atoms with Crippen molar-refractivity contribution in [1.82, 2.24) is 8.43 Å². The number of nitrogens with zero attached hydrogens (tertiary/aromatic N) is 1. The number of carbonyl (C=O) groups excluding carboxylic acids is 3. The number of carboxylic acid groups (broad SMARTS) is 1. The largest absolute Gasteiger partial charge is 0.481 e. The summed E-state index contributed by atoms with van der Waals surface area (Å²) in [6, 6.07) is -0.804. The molecule has 23 heavy (non-hydrogen) atoms. The molecule has 0 aliphatic heterocycles. The minimum absolute atomic E-state index is 0.0565. The van der Waals surface area contributed by atoms with Crippen molar-refractivity contribution in [3.05, 3.63) is 0 Å². The van der Waals surface area contributed by atoms with E-state index in [0.29, 0.717) is 6.42 Å². The van der Waals surface area contributed by atoms with Crippen LogP contribution >= 0.6 is 22.9 Å². The lowest BCUT2D eigenvalue weighted by molar-refractivity contribution is -0.139. The van der Waals surface area contributed by atoms with Crippen LogP contribution in [-0.2, 0) is 19.2 Å². The lowest BCUT2D eigenvalue weighted by Gasteiger charge is -2.26. The minimum Gasteiger partial charge on any atom is -0.481 e. The Labute approximate surface area is 150 Å². The van der Waals surface area contributed by atoms with E-state index < -0.39 is 17.9 Å². The Balaban J connectivity index is 4.75. The zero-order valence-corrected chi connectivity index (χ0v) is 16.1. The maximum Gasteiger partial charge on any atom is 0.303 e. The third kappa shape index (κ3) is 8.87. The van der Waals surface area contributed by atoms with E-state index in [1.54, 1.807) is 36.7 Å². The number of halogens is 1. The Kier molecular flexibility index (Phi) is 10.0. The first-order valence-corrected chi connectivity index (χ1v) is 8.52. The average Bonchev–Trinajstić information content (AvgIpc) is 2.43. The van der Waals surface area contributed by atoms with Crippen LogP contribution in [0.25, 0.3) is 0 Å². The highest BCUT2D eigenvalue weighted by Gasteiger charge is 2.30. The second-order valence-corrected chi connectivity index (χ2v) is 7.12. The Morgan fingerprint density at radius 1 is 1.13 bits per heavy atom. The summed E-state index contributed by atoms with van der Waals surface area (Å²) in [5.74, 6) is -1.99. The number of nitrogens with one attached hydrogen (secondary N) is 1. The number of aliphatic carboxylic acids is 1. The van der Waals surface area contributed by atoms with Gasteiger partial charge in [0.05, 0.1) is 29.4 Å². The maximum absolute atomic E-state index is 12.2. The molecule has 132 valence electrons. The highest BCUT2D eigenvalue weighted by molar-refractivity contribution is 14.1. The zero-order valence-electron chi connectivity index (χ0n) is 14.0. The number of amides is 2. The predicted molar refractivity (Wildman–Crippen MR) is 93.8 cm³/mol. The van der Waals surface area contributed by atoms with Crippen molar-refractivity contribution >= 4 is 46.4 Å². The van der Waals surface area contributed by atoms with Gasteiger partial charge in [0.15, 0.2) is 5.78 Å². The standard InChI is InChI=1S/C15H25IN2O5/c1-9(2)7-12(19)17-8-13(20)18(16)11(5-6-14(21)22)15(23)10(3)4/h9-11H,5-8H2,1-4H3,(H,17,19)(H,21,22)/t11-/m0/s1. The summed E-state index contributed by atoms with van der Waals surface area (Å²) in [4.78, 5) is 46.7. The fourth-order valence-corrected chi connectivity index (χ4v) is 2.60. The molecule has 0 aromatic rings. The van der Waals surface area contributed by atoms with Gasteiger partial charge in [-0.3, -0.25) is 22.3 Å². The number of rotatable bonds is 10. The topological polar surface area (TPSA) is 104 Å². The van der Waals surface area contributed by atoms with Crippen molar-refractivity contribution in [3.8, 4) is 0 Å². The van der Waals surface area contributed by atoms with Crippen LogP contribution in [0.5, 0.6) is 0 Å². The smallest absolute Gasteiger partial charge is 0.303 e. The summed E-state index contributed by atoms with van der Waals surface area (Å²) in [6.45, 7) is 7.00. The summed E-state index contributed by atoms with van der Waals surface area (Å²) in [6.07, 6.45) is 0.179. The van der Waals surface area contributed by atoms with Gasteiger partial charge in [0.1, 0.15) is 6.04 Å². The van der Waals surface area contributed by atoms with Crippen molar-refractivity contribution in [3.63, 3.8) is 0 Å². The molecule has 0 rings (SSSR count). The van der Waals surface area contributed by atoms with Gasteiger partial charge in [-0.1, -0.05) is 27.7 Å². The fraction of sp³-hybridized carbons (Fsp3) is 0.733. The number of hydrogen-bond donors (Lipinski definition) is 2. The van der Waals surface area contributed by atoms with E-state index in [4.69, 9.17) is 5.11 Å². The van der Waals surface area contributed by atoms with Gasteiger partial charge in [0.2, 0.25) is 5.91 Å². The number of Topliss-reactive ketones (excluding diaryl/α,β-unsaturated/α-hetero) is 1. The van der Waals surface area contributed by atoms with E-state index in [1.165, 1.54) is 3.11 Å². The van der Waals surface area contributed by atoms with Crippen molar-refractivity contribution in [2.24, 2.45) is 11.8 Å². The monoisotopic (exact) mass is 440 g/mol. The number of carbonyl (C=O) groups is 4. The van der Waals surface area contributed by atoms with E-state index in [-0.39, 0.29) is 42.9 Å². The van der Waals surface area contributed by atoms with Crippen molar-refractivity contribution in [2.45, 2.75) is 53.0 Å². The van der Waals surface area contributed by atoms with Crippen LogP contribution in [0.1, 0.15) is 47.0 Å². The molecule has 0 saturated carbocycles. The molecule has 0 bridgehead atoms. The zero-order chi connectivity index (χ0) is 18.2. The lowest BCUT2D eigenvalue weighted by atomic mass is 9.98. The molecule has 0 spiro atoms. The van der Waals surface area contributed by atoms with E-state index in [1.807, 2.05) is 13.8 Å². The molecule has 7 nitrogen and oxygen atoms in total. The fourth-order valence-electron chi connectivity index (χ4n) is 1.88. The highest BCUT2D eigenvalue weighted by atomic mass is 127. The predicted octanol–water partition coefficient (Wildman–Crippen LogP) is 1.79. The summed E-state index contributed by atoms with van der Waals surface area (Å²) in [7, 11) is 0. The quantitative estimate of drug-likeness (QED) is 0.398. The Morgan fingerprint density at radius 2 is 1.70 bits per heavy atom. The average molecular weight is 440 g/mol. The first-order chi connectivity index (χ1) is 10.6. The van der Waals surface area contributed by atoms with Crippen LogP contribution in [0.4, 0.5) is 0 Å². The molecule has 0 heterocycles. The second kappa shape index (κ2) is 10.6. The van der Waals surface area contributed by atoms with Crippen molar-refractivity contribution in [2.75, 3.05) is 6.54 Å². The number of hydrogen-bond acceptors (Lipinski definition) is 4. The summed E-state index contributed by atoms with van der Waals surface area (Å²) < 4.78 is 1.21. The molecule has 2 N–H and O–H groups in total. The van der Waals surface area contributed by atoms with Crippen LogP contribution in [0.15, 0.2) is 0 Å². The van der Waals surface area contributed by atoms with E-state index in [0.717, 1.165) is 0 Å². The van der Waals surface area contributed by atoms with Crippen LogP contribution < -0.4 is 5.32 Å². The molecule has 0 aliphatic carbocycles. The maximum atomic E-state index is 12.2. The van der Waals surface area contributed by atoms with Crippen molar-refractivity contribution in [1.29, 1.82) is 0 Å². The van der Waals surface area contributed by atoms with Gasteiger partial charge in [-0.25, -0.2) is 0 Å². The summed E-state index contributed by atoms with van der Waals surface area (Å²) >= 11 is 1.72. The molecule has 0 fully saturated rings. The second-order valence-electron chi connectivity index (χ2n) is 6.08. The van der Waals surface area contributed by atoms with Gasteiger partial charge in [-0.2, -0.15) is 0 Å². The first kappa shape index (κ1) is 21.8. The molecular formula is C15H25IN2O5. The Bertz CT molecular complexity index is 451. The minimum atomic E-state index is -1.02. The van der Waals surface area contributed by atoms with Crippen LogP contribution in [0.2, 0.25) is 0 Å². The lowest BCUT2D eigenvalue weighted by Crippen LogP contribution is -2.45. The molecule has 0 aromatic carbocycles. The van der Waals surface area contributed by atoms with Gasteiger partial charge in [0.25, 0.3) is 5.91 Å². The van der Waals surface area contributed by atoms with E-state index >= 15 is 0 Å². The van der Waals surface area contributed by atoms with E-state index in [2.05, 4.69) is 5.32 Å². The van der Waals surface area contributed by atoms with Gasteiger partial charge in [-0.15, -0.1) is 0 Å². The third-order valence-electron chi connectivity index (χ3n) is 3.07. The molecule has 1 atom stereocenters. The van der Waals surface area contributed by atoms with Gasteiger partial charge >= 0.3 is 5.97 Å². The van der Waals surface area contributed by atoms with E-state index in [9.17, 15) is 19.2 Å². The normalized spacial score (nSPS) is 12.1. The number of ketones is 1. The molecule has 0 radical (unpaired) electrons. The SMILES string of the molecule is CC(C)CC(=O)NCC(=O)N(I)[C@@H](CCC(=O)O)C(=O)C(C)C. The molecule has 8 heteroatoms. The van der Waals surface area contributed by atoms with Crippen LogP contribution in [0.3, 0.4) is 0 Å². The first-order valence-electron chi connectivity index (χ1n) is 7.56. The van der Waals surface area contributed by atoms with Gasteiger partial charge in [0, 0.05) is 18.8 Å². The Morgan fingerprint density at radius 3 is 2.13 bits per heavy atom. The van der Waals surface area contributed by atoms with Crippen LogP contribution in [-0.4, -0.2) is 44.4 Å². The molecular weight excluding hydrogens is 415 g/mol. The molecule has 2 amide bonds. The van der Waals surface area contributed by atoms with Crippen LogP contribution in [0, 0.1) is 11.8 Å². The molecule has 0 aromatic heterocycles. The number of carboxylic acids is 1. The summed E-state index contributed by atoms with van der Waals surface area (Å²) in [5.41, 5.74) is 0. The third-order valence-corrected chi connectivity index (χ3v) is 4.28. The molecule has 0 aliphatic rings.